The highest BCUT2D eigenvalue weighted by Gasteiger charge is 2.28. The molecule has 150 valence electrons. The number of benzene rings is 1. The molecule has 2 fully saturated rings. The fraction of sp³-hybridized carbons (Fsp3) is 0.571. The van der Waals surface area contributed by atoms with Gasteiger partial charge in [0.25, 0.3) is 5.91 Å². The molecule has 1 amide bonds. The third kappa shape index (κ3) is 4.10. The van der Waals surface area contributed by atoms with Crippen molar-refractivity contribution in [1.82, 2.24) is 29.5 Å². The zero-order valence-electron chi connectivity index (χ0n) is 16.9. The van der Waals surface area contributed by atoms with Crippen molar-refractivity contribution in [2.75, 3.05) is 46.3 Å². The van der Waals surface area contributed by atoms with Gasteiger partial charge in [-0.1, -0.05) is 18.2 Å². The summed E-state index contributed by atoms with van der Waals surface area (Å²) in [7, 11) is 4.26. The minimum atomic E-state index is 0.132. The summed E-state index contributed by atoms with van der Waals surface area (Å²) >= 11 is 0. The molecule has 2 aliphatic rings. The predicted molar refractivity (Wildman–Crippen MR) is 108 cm³/mol. The number of aromatic nitrogens is 3. The number of hydrogen-bond donors (Lipinski definition) is 0. The van der Waals surface area contributed by atoms with Crippen molar-refractivity contribution in [3.8, 4) is 0 Å². The molecule has 3 heterocycles. The van der Waals surface area contributed by atoms with E-state index in [9.17, 15) is 4.79 Å². The van der Waals surface area contributed by atoms with Gasteiger partial charge in [0.1, 0.15) is 11.6 Å². The van der Waals surface area contributed by atoms with Crippen LogP contribution in [0.1, 0.15) is 40.8 Å². The van der Waals surface area contributed by atoms with Crippen LogP contribution in [0.4, 0.5) is 0 Å². The Kier molecular flexibility index (Phi) is 5.73. The molecule has 0 aliphatic carbocycles. The van der Waals surface area contributed by atoms with Gasteiger partial charge in [0.05, 0.1) is 6.54 Å². The number of piperidine rings is 1. The minimum Gasteiger partial charge on any atom is -0.339 e. The van der Waals surface area contributed by atoms with Crippen molar-refractivity contribution in [2.45, 2.75) is 25.3 Å². The Balaban J connectivity index is 1.35. The third-order valence-corrected chi connectivity index (χ3v) is 6.13. The van der Waals surface area contributed by atoms with Crippen LogP contribution in [0, 0.1) is 0 Å². The van der Waals surface area contributed by atoms with E-state index in [2.05, 4.69) is 38.7 Å². The summed E-state index contributed by atoms with van der Waals surface area (Å²) in [6.45, 7) is 6.80. The first-order valence-corrected chi connectivity index (χ1v) is 10.2. The maximum Gasteiger partial charge on any atom is 0.253 e. The molecule has 2 saturated heterocycles. The molecule has 1 aromatic carbocycles. The quantitative estimate of drug-likeness (QED) is 0.804. The van der Waals surface area contributed by atoms with E-state index in [1.165, 1.54) is 0 Å². The Hall–Kier alpha value is -2.25. The number of piperazine rings is 1. The van der Waals surface area contributed by atoms with Crippen molar-refractivity contribution in [1.29, 1.82) is 0 Å². The molecular formula is C21H30N6O. The smallest absolute Gasteiger partial charge is 0.253 e. The Morgan fingerprint density at radius 2 is 1.64 bits per heavy atom. The fourth-order valence-corrected chi connectivity index (χ4v) is 4.18. The summed E-state index contributed by atoms with van der Waals surface area (Å²) in [5, 5.41) is 9.00. The van der Waals surface area contributed by atoms with Crippen LogP contribution in [0.15, 0.2) is 30.3 Å². The van der Waals surface area contributed by atoms with Crippen LogP contribution in [0.3, 0.4) is 0 Å². The Bertz CT molecular complexity index is 788. The van der Waals surface area contributed by atoms with Gasteiger partial charge < -0.3 is 14.4 Å². The second kappa shape index (κ2) is 8.41. The second-order valence-electron chi connectivity index (χ2n) is 8.05. The van der Waals surface area contributed by atoms with Crippen molar-refractivity contribution >= 4 is 5.91 Å². The molecule has 0 unspecified atom stereocenters. The van der Waals surface area contributed by atoms with E-state index in [0.29, 0.717) is 5.92 Å². The van der Waals surface area contributed by atoms with Gasteiger partial charge in [-0.05, 0) is 32.0 Å². The first-order valence-electron chi connectivity index (χ1n) is 10.2. The number of rotatable bonds is 4. The summed E-state index contributed by atoms with van der Waals surface area (Å²) in [6, 6.07) is 9.56. The maximum absolute atomic E-state index is 12.6. The van der Waals surface area contributed by atoms with Crippen LogP contribution in [-0.2, 0) is 13.6 Å². The second-order valence-corrected chi connectivity index (χ2v) is 8.05. The molecule has 0 N–H and O–H groups in total. The lowest BCUT2D eigenvalue weighted by Crippen LogP contribution is -2.44. The van der Waals surface area contributed by atoms with Crippen LogP contribution >= 0.6 is 0 Å². The van der Waals surface area contributed by atoms with Gasteiger partial charge in [0, 0.05) is 57.8 Å². The molecule has 7 nitrogen and oxygen atoms in total. The zero-order chi connectivity index (χ0) is 19.5. The standard InChI is InChI=1S/C21H30N6O/c1-24-12-14-26(15-13-24)16-19-22-23-20(25(19)2)17-8-10-27(11-9-17)21(28)18-6-4-3-5-7-18/h3-7,17H,8-16H2,1-2H3. The number of likely N-dealkylation sites (tertiary alicyclic amines) is 1. The third-order valence-electron chi connectivity index (χ3n) is 6.13. The molecule has 0 saturated carbocycles. The number of carbonyl (C=O) groups excluding carboxylic acids is 1. The van der Waals surface area contributed by atoms with E-state index in [4.69, 9.17) is 0 Å². The highest BCUT2D eigenvalue weighted by molar-refractivity contribution is 5.94. The number of carbonyl (C=O) groups is 1. The van der Waals surface area contributed by atoms with Gasteiger partial charge in [0.15, 0.2) is 0 Å². The lowest BCUT2D eigenvalue weighted by Gasteiger charge is -2.32. The number of hydrogen-bond acceptors (Lipinski definition) is 5. The highest BCUT2D eigenvalue weighted by atomic mass is 16.2. The van der Waals surface area contributed by atoms with Crippen LogP contribution < -0.4 is 0 Å². The molecule has 1 aromatic heterocycles. The molecule has 2 aromatic rings. The Labute approximate surface area is 166 Å². The number of likely N-dealkylation sites (N-methyl/N-ethyl adjacent to an activating group) is 1. The summed E-state index contributed by atoms with van der Waals surface area (Å²) in [5.41, 5.74) is 0.772. The Morgan fingerprint density at radius 3 is 2.32 bits per heavy atom. The summed E-state index contributed by atoms with van der Waals surface area (Å²) in [5.74, 6) is 2.62. The molecule has 28 heavy (non-hydrogen) atoms. The van der Waals surface area contributed by atoms with Gasteiger partial charge in [-0.2, -0.15) is 0 Å². The van der Waals surface area contributed by atoms with Crippen LogP contribution in [0.2, 0.25) is 0 Å². The topological polar surface area (TPSA) is 57.5 Å². The van der Waals surface area contributed by atoms with E-state index in [1.807, 2.05) is 35.2 Å². The lowest BCUT2D eigenvalue weighted by atomic mass is 9.95. The van der Waals surface area contributed by atoms with Crippen molar-refractivity contribution in [3.63, 3.8) is 0 Å². The van der Waals surface area contributed by atoms with Gasteiger partial charge >= 0.3 is 0 Å². The molecule has 2 aliphatic heterocycles. The van der Waals surface area contributed by atoms with Crippen molar-refractivity contribution < 1.29 is 4.79 Å². The molecule has 0 spiro atoms. The molecule has 0 atom stereocenters. The van der Waals surface area contributed by atoms with Crippen LogP contribution in [0.25, 0.3) is 0 Å². The Morgan fingerprint density at radius 1 is 0.964 bits per heavy atom. The van der Waals surface area contributed by atoms with Crippen LogP contribution in [0.5, 0.6) is 0 Å². The molecular weight excluding hydrogens is 352 g/mol. The van der Waals surface area contributed by atoms with E-state index in [0.717, 1.165) is 75.9 Å². The predicted octanol–water partition coefficient (Wildman–Crippen LogP) is 1.58. The molecule has 0 bridgehead atoms. The average molecular weight is 383 g/mol. The minimum absolute atomic E-state index is 0.132. The van der Waals surface area contributed by atoms with Gasteiger partial charge in [-0.3, -0.25) is 9.69 Å². The van der Waals surface area contributed by atoms with Crippen molar-refractivity contribution in [2.24, 2.45) is 7.05 Å². The molecule has 0 radical (unpaired) electrons. The lowest BCUT2D eigenvalue weighted by molar-refractivity contribution is 0.0710. The maximum atomic E-state index is 12.6. The SMILES string of the molecule is CN1CCN(Cc2nnc(C3CCN(C(=O)c4ccccc4)CC3)n2C)CC1. The van der Waals surface area contributed by atoms with E-state index >= 15 is 0 Å². The van der Waals surface area contributed by atoms with Gasteiger partial charge in [-0.15, -0.1) is 10.2 Å². The average Bonchev–Trinajstić information content (AvgIpc) is 3.10. The first kappa shape index (κ1) is 19.1. The number of amides is 1. The van der Waals surface area contributed by atoms with Gasteiger partial charge in [-0.25, -0.2) is 0 Å². The first-order chi connectivity index (χ1) is 13.6. The largest absolute Gasteiger partial charge is 0.339 e. The fourth-order valence-electron chi connectivity index (χ4n) is 4.18. The van der Waals surface area contributed by atoms with Crippen LogP contribution in [-0.4, -0.2) is 81.7 Å². The summed E-state index contributed by atoms with van der Waals surface area (Å²) < 4.78 is 2.18. The number of nitrogens with zero attached hydrogens (tertiary/aromatic N) is 6. The highest BCUT2D eigenvalue weighted by Crippen LogP contribution is 2.27. The van der Waals surface area contributed by atoms with E-state index in [1.54, 1.807) is 0 Å². The zero-order valence-corrected chi connectivity index (χ0v) is 16.9. The molecule has 4 rings (SSSR count). The summed E-state index contributed by atoms with van der Waals surface area (Å²) in [4.78, 5) is 19.4. The van der Waals surface area contributed by atoms with Crippen molar-refractivity contribution in [3.05, 3.63) is 47.5 Å². The monoisotopic (exact) mass is 382 g/mol. The van der Waals surface area contributed by atoms with Gasteiger partial charge in [0.2, 0.25) is 0 Å². The van der Waals surface area contributed by atoms with E-state index < -0.39 is 0 Å². The molecule has 7 heteroatoms. The summed E-state index contributed by atoms with van der Waals surface area (Å²) in [6.07, 6.45) is 1.89. The normalized spacial score (nSPS) is 19.9. The van der Waals surface area contributed by atoms with E-state index in [-0.39, 0.29) is 5.91 Å².